The fourth-order valence-electron chi connectivity index (χ4n) is 3.10. The van der Waals surface area contributed by atoms with Gasteiger partial charge in [0.15, 0.2) is 0 Å². The zero-order chi connectivity index (χ0) is 27.8. The second-order valence-corrected chi connectivity index (χ2v) is 22.6. The minimum Gasteiger partial charge on any atom is -0.373 e. The van der Waals surface area contributed by atoms with Gasteiger partial charge in [-0.1, -0.05) is 77.0 Å². The molecule has 0 spiro atoms. The summed E-state index contributed by atoms with van der Waals surface area (Å²) in [5, 5.41) is 0.760. The van der Waals surface area contributed by atoms with E-state index in [9.17, 15) is 0 Å². The first-order chi connectivity index (χ1) is 17.9. The lowest BCUT2D eigenvalue weighted by Crippen LogP contribution is -2.48. The fourth-order valence-corrected chi connectivity index (χ4v) is 20.6. The third kappa shape index (κ3) is 19.7. The van der Waals surface area contributed by atoms with Crippen LogP contribution in [0.5, 0.6) is 0 Å². The van der Waals surface area contributed by atoms with Crippen molar-refractivity contribution in [3.8, 4) is 0 Å². The van der Waals surface area contributed by atoms with E-state index in [0.717, 1.165) is 50.6 Å². The molecule has 224 valence electrons. The zero-order valence-electron chi connectivity index (χ0n) is 24.5. The van der Waals surface area contributed by atoms with E-state index < -0.39 is 17.6 Å². The maximum atomic E-state index is 6.27. The van der Waals surface area contributed by atoms with Crippen molar-refractivity contribution < 1.29 is 26.6 Å². The Morgan fingerprint density at radius 3 is 0.892 bits per heavy atom. The lowest BCUT2D eigenvalue weighted by molar-refractivity contribution is 0.0588. The Labute approximate surface area is 250 Å². The predicted molar refractivity (Wildman–Crippen MR) is 175 cm³/mol. The summed E-state index contributed by atoms with van der Waals surface area (Å²) in [5.74, 6) is 0. The molecule has 6 nitrogen and oxygen atoms in total. The van der Waals surface area contributed by atoms with Gasteiger partial charge in [0.25, 0.3) is 0 Å². The highest BCUT2D eigenvalue weighted by Crippen LogP contribution is 2.52. The average Bonchev–Trinajstić information content (AvgIpc) is 2.89. The standard InChI is InChI=1S/C24H54O6S5Si2/c1-9-15-25-36(26-16-10-2,27-17-11-3)21-23(7)31-33-35-34-32-24(8)22-37(28-18-12-4,29-19-13-5)30-20-14-6/h23-24H,9-22H2,1-8H3. The molecule has 0 aliphatic heterocycles. The van der Waals surface area contributed by atoms with Gasteiger partial charge in [0.1, 0.15) is 0 Å². The Kier molecular flexibility index (Phi) is 27.0. The van der Waals surface area contributed by atoms with E-state index in [4.69, 9.17) is 26.6 Å². The van der Waals surface area contributed by atoms with Crippen molar-refractivity contribution >= 4 is 68.7 Å². The summed E-state index contributed by atoms with van der Waals surface area (Å²) in [6.07, 6.45) is 5.82. The second kappa shape index (κ2) is 25.6. The topological polar surface area (TPSA) is 55.4 Å². The van der Waals surface area contributed by atoms with Crippen LogP contribution in [0.4, 0.5) is 0 Å². The van der Waals surface area contributed by atoms with E-state index in [0.29, 0.717) is 50.1 Å². The highest BCUT2D eigenvalue weighted by atomic mass is 33.8. The molecule has 0 radical (unpaired) electrons. The van der Waals surface area contributed by atoms with Gasteiger partial charge in [-0.15, -0.1) is 0 Å². The van der Waals surface area contributed by atoms with Crippen molar-refractivity contribution in [2.45, 2.75) is 117 Å². The van der Waals surface area contributed by atoms with Gasteiger partial charge in [-0.2, -0.15) is 0 Å². The van der Waals surface area contributed by atoms with E-state index >= 15 is 0 Å². The van der Waals surface area contributed by atoms with E-state index in [2.05, 4.69) is 55.4 Å². The highest BCUT2D eigenvalue weighted by Gasteiger charge is 2.43. The molecule has 0 saturated carbocycles. The number of rotatable bonds is 28. The molecule has 0 aromatic carbocycles. The van der Waals surface area contributed by atoms with Gasteiger partial charge in [-0.25, -0.2) is 0 Å². The lowest BCUT2D eigenvalue weighted by Gasteiger charge is -2.31. The Hall–Kier alpha value is 1.94. The van der Waals surface area contributed by atoms with E-state index in [-0.39, 0.29) is 0 Å². The van der Waals surface area contributed by atoms with Crippen LogP contribution in [-0.2, 0) is 26.6 Å². The predicted octanol–water partition coefficient (Wildman–Crippen LogP) is 9.53. The SMILES string of the molecule is CCCO[Si](CC(C)SSSSSC(C)C[Si](OCCC)(OCCC)OCCC)(OCCC)OCCC. The first-order valence-corrected chi connectivity index (χ1v) is 24.2. The first kappa shape index (κ1) is 38.9. The van der Waals surface area contributed by atoms with E-state index in [1.807, 2.05) is 51.1 Å². The lowest BCUT2D eigenvalue weighted by atomic mass is 10.5. The summed E-state index contributed by atoms with van der Waals surface area (Å²) in [7, 11) is 3.89. The van der Waals surface area contributed by atoms with Gasteiger partial charge >= 0.3 is 17.6 Å². The second-order valence-electron chi connectivity index (χ2n) is 8.88. The van der Waals surface area contributed by atoms with Crippen LogP contribution in [0.15, 0.2) is 0 Å². The first-order valence-electron chi connectivity index (χ1n) is 14.0. The van der Waals surface area contributed by atoms with Gasteiger partial charge in [0, 0.05) is 62.2 Å². The molecular formula is C24H54O6S5Si2. The third-order valence-electron chi connectivity index (χ3n) is 4.69. The third-order valence-corrected chi connectivity index (χ3v) is 20.8. The normalized spacial score (nSPS) is 14.3. The Balaban J connectivity index is 4.72. The quantitative estimate of drug-likeness (QED) is 0.0460. The van der Waals surface area contributed by atoms with Gasteiger partial charge < -0.3 is 26.6 Å². The van der Waals surface area contributed by atoms with Crippen LogP contribution >= 0.6 is 51.1 Å². The summed E-state index contributed by atoms with van der Waals surface area (Å²) >= 11 is 0. The summed E-state index contributed by atoms with van der Waals surface area (Å²) < 4.78 is 37.6. The van der Waals surface area contributed by atoms with Crippen LogP contribution in [0.25, 0.3) is 0 Å². The zero-order valence-corrected chi connectivity index (χ0v) is 30.6. The average molecular weight is 655 g/mol. The molecule has 2 unspecified atom stereocenters. The molecule has 0 amide bonds. The summed E-state index contributed by atoms with van der Waals surface area (Å²) in [5.41, 5.74) is 0. The highest BCUT2D eigenvalue weighted by molar-refractivity contribution is 9.35. The summed E-state index contributed by atoms with van der Waals surface area (Å²) in [4.78, 5) is 0. The van der Waals surface area contributed by atoms with Gasteiger partial charge in [0.05, 0.1) is 0 Å². The molecule has 0 aromatic rings. The summed E-state index contributed by atoms with van der Waals surface area (Å²) in [6.45, 7) is 21.5. The maximum Gasteiger partial charge on any atom is 0.502 e. The molecule has 0 saturated heterocycles. The molecule has 37 heavy (non-hydrogen) atoms. The minimum absolute atomic E-state index is 0.380. The fraction of sp³-hybridized carbons (Fsp3) is 1.00. The number of hydrogen-bond donors (Lipinski definition) is 0. The smallest absolute Gasteiger partial charge is 0.373 e. The Morgan fingerprint density at radius 2 is 0.676 bits per heavy atom. The van der Waals surface area contributed by atoms with Crippen molar-refractivity contribution in [1.82, 2.24) is 0 Å². The monoisotopic (exact) mass is 654 g/mol. The van der Waals surface area contributed by atoms with Gasteiger partial charge in [-0.05, 0) is 68.0 Å². The van der Waals surface area contributed by atoms with Crippen LogP contribution in [0.2, 0.25) is 12.1 Å². The van der Waals surface area contributed by atoms with Crippen LogP contribution in [0.1, 0.15) is 93.9 Å². The molecule has 0 bridgehead atoms. The van der Waals surface area contributed by atoms with Crippen molar-refractivity contribution in [2.24, 2.45) is 0 Å². The summed E-state index contributed by atoms with van der Waals surface area (Å²) in [6, 6.07) is 1.68. The van der Waals surface area contributed by atoms with Crippen LogP contribution < -0.4 is 0 Å². The number of hydrogen-bond acceptors (Lipinski definition) is 11. The van der Waals surface area contributed by atoms with Crippen LogP contribution in [-0.4, -0.2) is 67.8 Å². The van der Waals surface area contributed by atoms with E-state index in [1.54, 1.807) is 0 Å². The van der Waals surface area contributed by atoms with Crippen molar-refractivity contribution in [1.29, 1.82) is 0 Å². The maximum absolute atomic E-state index is 6.27. The van der Waals surface area contributed by atoms with E-state index in [1.165, 1.54) is 0 Å². The Bertz CT molecular complexity index is 431. The molecule has 0 rings (SSSR count). The molecular weight excluding hydrogens is 601 g/mol. The molecule has 0 aliphatic rings. The molecule has 0 N–H and O–H groups in total. The minimum atomic E-state index is -2.66. The van der Waals surface area contributed by atoms with Crippen LogP contribution in [0, 0.1) is 0 Å². The Morgan fingerprint density at radius 1 is 0.432 bits per heavy atom. The van der Waals surface area contributed by atoms with Crippen molar-refractivity contribution in [3.63, 3.8) is 0 Å². The van der Waals surface area contributed by atoms with Crippen molar-refractivity contribution in [2.75, 3.05) is 39.6 Å². The van der Waals surface area contributed by atoms with Gasteiger partial charge in [0.2, 0.25) is 0 Å². The molecule has 13 heteroatoms. The van der Waals surface area contributed by atoms with Crippen molar-refractivity contribution in [3.05, 3.63) is 0 Å². The molecule has 0 aliphatic carbocycles. The molecule has 0 fully saturated rings. The molecule has 2 atom stereocenters. The molecule has 0 aromatic heterocycles. The van der Waals surface area contributed by atoms with Crippen LogP contribution in [0.3, 0.4) is 0 Å². The van der Waals surface area contributed by atoms with Gasteiger partial charge in [-0.3, -0.25) is 0 Å². The largest absolute Gasteiger partial charge is 0.502 e. The molecule has 0 heterocycles.